The summed E-state index contributed by atoms with van der Waals surface area (Å²) in [5, 5.41) is 4.15. The third-order valence-electron chi connectivity index (χ3n) is 4.19. The van der Waals surface area contributed by atoms with Gasteiger partial charge in [0.2, 0.25) is 5.91 Å². The molecule has 1 atom stereocenters. The lowest BCUT2D eigenvalue weighted by Gasteiger charge is -2.33. The third-order valence-corrected chi connectivity index (χ3v) is 4.19. The molecule has 3 rings (SSSR count). The van der Waals surface area contributed by atoms with Crippen LogP contribution in [-0.2, 0) is 22.5 Å². The number of carbonyl (C=O) groups excluding carboxylic acids is 1. The van der Waals surface area contributed by atoms with Crippen LogP contribution in [0.2, 0.25) is 0 Å². The second-order valence-corrected chi connectivity index (χ2v) is 5.94. The fourth-order valence-electron chi connectivity index (χ4n) is 2.88. The SMILES string of the molecule is O=C(CCCn1cccn1)N1CCO[C@@H](CCc2ccncn2)C1. The van der Waals surface area contributed by atoms with Crippen LogP contribution in [0.5, 0.6) is 0 Å². The highest BCUT2D eigenvalue weighted by atomic mass is 16.5. The zero-order valence-electron chi connectivity index (χ0n) is 13.8. The van der Waals surface area contributed by atoms with Gasteiger partial charge in [0.25, 0.3) is 0 Å². The highest BCUT2D eigenvalue weighted by Crippen LogP contribution is 2.13. The summed E-state index contributed by atoms with van der Waals surface area (Å²) in [5.41, 5.74) is 1.01. The minimum Gasteiger partial charge on any atom is -0.375 e. The highest BCUT2D eigenvalue weighted by Gasteiger charge is 2.23. The predicted octanol–water partition coefficient (Wildman–Crippen LogP) is 1.31. The third kappa shape index (κ3) is 4.86. The van der Waals surface area contributed by atoms with Gasteiger partial charge in [0.1, 0.15) is 6.33 Å². The summed E-state index contributed by atoms with van der Waals surface area (Å²) in [7, 11) is 0. The minimum absolute atomic E-state index is 0.0868. The first kappa shape index (κ1) is 16.6. The van der Waals surface area contributed by atoms with Gasteiger partial charge < -0.3 is 9.64 Å². The van der Waals surface area contributed by atoms with E-state index in [1.54, 1.807) is 18.7 Å². The molecule has 1 fully saturated rings. The zero-order chi connectivity index (χ0) is 16.6. The largest absolute Gasteiger partial charge is 0.375 e. The molecule has 0 aliphatic carbocycles. The first-order valence-electron chi connectivity index (χ1n) is 8.43. The summed E-state index contributed by atoms with van der Waals surface area (Å²) in [5.74, 6) is 0.206. The molecule has 1 aliphatic heterocycles. The molecule has 0 radical (unpaired) electrons. The number of morpholine rings is 1. The van der Waals surface area contributed by atoms with Crippen LogP contribution < -0.4 is 0 Å². The van der Waals surface area contributed by atoms with Crippen molar-refractivity contribution < 1.29 is 9.53 Å². The Morgan fingerprint density at radius 1 is 1.38 bits per heavy atom. The number of ether oxygens (including phenoxy) is 1. The number of rotatable bonds is 7. The molecule has 128 valence electrons. The lowest BCUT2D eigenvalue weighted by atomic mass is 10.1. The molecule has 3 heterocycles. The minimum atomic E-state index is 0.0868. The zero-order valence-corrected chi connectivity index (χ0v) is 13.8. The van der Waals surface area contributed by atoms with Crippen molar-refractivity contribution in [3.63, 3.8) is 0 Å². The summed E-state index contributed by atoms with van der Waals surface area (Å²) >= 11 is 0. The van der Waals surface area contributed by atoms with Gasteiger partial charge in [-0.2, -0.15) is 5.10 Å². The summed E-state index contributed by atoms with van der Waals surface area (Å²) in [6, 6.07) is 3.81. The van der Waals surface area contributed by atoms with Crippen molar-refractivity contribution in [1.29, 1.82) is 0 Å². The lowest BCUT2D eigenvalue weighted by molar-refractivity contribution is -0.139. The number of hydrogen-bond acceptors (Lipinski definition) is 5. The number of hydrogen-bond donors (Lipinski definition) is 0. The normalized spacial score (nSPS) is 17.8. The van der Waals surface area contributed by atoms with Crippen molar-refractivity contribution in [2.24, 2.45) is 0 Å². The number of aryl methyl sites for hydroxylation is 2. The maximum absolute atomic E-state index is 12.4. The van der Waals surface area contributed by atoms with Crippen LogP contribution in [0.25, 0.3) is 0 Å². The van der Waals surface area contributed by atoms with Crippen molar-refractivity contribution in [2.45, 2.75) is 38.3 Å². The van der Waals surface area contributed by atoms with E-state index in [9.17, 15) is 4.79 Å². The molecule has 2 aromatic heterocycles. The molecule has 0 spiro atoms. The molecule has 0 N–H and O–H groups in total. The van der Waals surface area contributed by atoms with Gasteiger partial charge >= 0.3 is 0 Å². The first-order chi connectivity index (χ1) is 11.8. The molecule has 2 aromatic rings. The summed E-state index contributed by atoms with van der Waals surface area (Å²) in [4.78, 5) is 22.4. The van der Waals surface area contributed by atoms with Gasteiger partial charge in [-0.15, -0.1) is 0 Å². The number of aromatic nitrogens is 4. The molecule has 7 heteroatoms. The fourth-order valence-corrected chi connectivity index (χ4v) is 2.88. The molecule has 0 bridgehead atoms. The van der Waals surface area contributed by atoms with Crippen LogP contribution in [-0.4, -0.2) is 56.4 Å². The highest BCUT2D eigenvalue weighted by molar-refractivity contribution is 5.76. The van der Waals surface area contributed by atoms with E-state index >= 15 is 0 Å². The Bertz CT molecular complexity index is 617. The monoisotopic (exact) mass is 329 g/mol. The van der Waals surface area contributed by atoms with Gasteiger partial charge in [-0.25, -0.2) is 9.97 Å². The van der Waals surface area contributed by atoms with Crippen LogP contribution in [0.1, 0.15) is 25.0 Å². The maximum Gasteiger partial charge on any atom is 0.222 e. The van der Waals surface area contributed by atoms with E-state index in [0.29, 0.717) is 26.1 Å². The quantitative estimate of drug-likeness (QED) is 0.766. The van der Waals surface area contributed by atoms with Crippen molar-refractivity contribution in [2.75, 3.05) is 19.7 Å². The summed E-state index contributed by atoms with van der Waals surface area (Å²) in [6.07, 6.45) is 10.1. The van der Waals surface area contributed by atoms with Crippen molar-refractivity contribution in [3.05, 3.63) is 42.7 Å². The second kappa shape index (κ2) is 8.54. The Labute approximate surface area is 141 Å². The Morgan fingerprint density at radius 2 is 2.33 bits per heavy atom. The topological polar surface area (TPSA) is 73.1 Å². The first-order valence-corrected chi connectivity index (χ1v) is 8.43. The van der Waals surface area contributed by atoms with E-state index in [1.807, 2.05) is 27.9 Å². The number of amides is 1. The lowest BCUT2D eigenvalue weighted by Crippen LogP contribution is -2.45. The van der Waals surface area contributed by atoms with Gasteiger partial charge in [-0.05, 0) is 31.4 Å². The van der Waals surface area contributed by atoms with Crippen LogP contribution in [0.15, 0.2) is 37.1 Å². The molecule has 1 amide bonds. The van der Waals surface area contributed by atoms with Crippen molar-refractivity contribution >= 4 is 5.91 Å². The Morgan fingerprint density at radius 3 is 3.12 bits per heavy atom. The van der Waals surface area contributed by atoms with Gasteiger partial charge in [0.05, 0.1) is 12.7 Å². The van der Waals surface area contributed by atoms with E-state index in [4.69, 9.17) is 4.74 Å². The average molecular weight is 329 g/mol. The number of nitrogens with zero attached hydrogens (tertiary/aromatic N) is 5. The molecular weight excluding hydrogens is 306 g/mol. The van der Waals surface area contributed by atoms with Gasteiger partial charge in [0.15, 0.2) is 0 Å². The molecule has 7 nitrogen and oxygen atoms in total. The van der Waals surface area contributed by atoms with Crippen LogP contribution in [0.3, 0.4) is 0 Å². The second-order valence-electron chi connectivity index (χ2n) is 5.94. The van der Waals surface area contributed by atoms with Crippen LogP contribution in [0, 0.1) is 0 Å². The maximum atomic E-state index is 12.4. The molecule has 0 aromatic carbocycles. The molecule has 1 aliphatic rings. The average Bonchev–Trinajstić information content (AvgIpc) is 3.14. The molecule has 1 saturated heterocycles. The molecule has 0 unspecified atom stereocenters. The van der Waals surface area contributed by atoms with E-state index in [1.165, 1.54) is 0 Å². The summed E-state index contributed by atoms with van der Waals surface area (Å²) < 4.78 is 7.65. The van der Waals surface area contributed by atoms with Crippen LogP contribution >= 0.6 is 0 Å². The number of carbonyl (C=O) groups is 1. The Balaban J connectivity index is 1.40. The van der Waals surface area contributed by atoms with Gasteiger partial charge in [0, 0.05) is 50.3 Å². The Hall–Kier alpha value is -2.28. The fraction of sp³-hybridized carbons (Fsp3) is 0.529. The van der Waals surface area contributed by atoms with E-state index in [2.05, 4.69) is 15.1 Å². The molecule has 0 saturated carbocycles. The van der Waals surface area contributed by atoms with Crippen LogP contribution in [0.4, 0.5) is 0 Å². The van der Waals surface area contributed by atoms with E-state index in [-0.39, 0.29) is 12.0 Å². The summed E-state index contributed by atoms with van der Waals surface area (Å²) in [6.45, 7) is 2.75. The van der Waals surface area contributed by atoms with Crippen molar-refractivity contribution in [1.82, 2.24) is 24.6 Å². The predicted molar refractivity (Wildman–Crippen MR) is 88.1 cm³/mol. The van der Waals surface area contributed by atoms with Gasteiger partial charge in [-0.1, -0.05) is 0 Å². The van der Waals surface area contributed by atoms with Gasteiger partial charge in [-0.3, -0.25) is 9.48 Å². The molecular formula is C17H23N5O2. The van der Waals surface area contributed by atoms with E-state index < -0.39 is 0 Å². The Kier molecular flexibility index (Phi) is 5.90. The smallest absolute Gasteiger partial charge is 0.222 e. The molecule has 24 heavy (non-hydrogen) atoms. The van der Waals surface area contributed by atoms with E-state index in [0.717, 1.165) is 31.5 Å². The van der Waals surface area contributed by atoms with Crippen molar-refractivity contribution in [3.8, 4) is 0 Å². The standard InChI is InChI=1S/C17H23N5O2/c23-17(3-1-9-22-10-2-7-20-22)21-11-12-24-16(13-21)5-4-15-6-8-18-14-19-15/h2,6-8,10,14,16H,1,3-5,9,11-13H2/t16-/m0/s1.